The van der Waals surface area contributed by atoms with Crippen LogP contribution in [-0.2, 0) is 4.79 Å². The van der Waals surface area contributed by atoms with E-state index in [9.17, 15) is 9.59 Å². The molecule has 1 rings (SSSR count). The molecule has 2 amide bonds. The lowest BCUT2D eigenvalue weighted by molar-refractivity contribution is -0.139. The number of nitrogens with zero attached hydrogens (tertiary/aromatic N) is 1. The van der Waals surface area contributed by atoms with Gasteiger partial charge in [0, 0.05) is 13.1 Å². The van der Waals surface area contributed by atoms with Gasteiger partial charge in [0.25, 0.3) is 0 Å². The Labute approximate surface area is 83.1 Å². The first-order valence-electron chi connectivity index (χ1n) is 4.82. The molecular formula is C9H16N2O3. The maximum absolute atomic E-state index is 11.4. The maximum Gasteiger partial charge on any atom is 0.326 e. The Hall–Kier alpha value is -1.26. The number of amides is 2. The van der Waals surface area contributed by atoms with Crippen molar-refractivity contribution in [2.24, 2.45) is 0 Å². The average molecular weight is 200 g/mol. The smallest absolute Gasteiger partial charge is 0.326 e. The highest BCUT2D eigenvalue weighted by Crippen LogP contribution is 2.25. The van der Waals surface area contributed by atoms with Gasteiger partial charge in [-0.3, -0.25) is 0 Å². The van der Waals surface area contributed by atoms with Crippen LogP contribution < -0.4 is 5.32 Å². The standard InChI is InChI=1S/C9H16N2O3/c1-3-7(8(12)13)10-9(14)11(2)6-4-5-6/h6-7H,3-5H2,1-2H3,(H,10,14)(H,12,13)/t7-/m1/s1. The first kappa shape index (κ1) is 10.8. The van der Waals surface area contributed by atoms with Crippen molar-refractivity contribution >= 4 is 12.0 Å². The molecule has 0 aromatic heterocycles. The fourth-order valence-corrected chi connectivity index (χ4v) is 1.22. The molecule has 1 atom stereocenters. The number of carbonyl (C=O) groups is 2. The van der Waals surface area contributed by atoms with Crippen molar-refractivity contribution < 1.29 is 14.7 Å². The number of urea groups is 1. The molecule has 5 heteroatoms. The highest BCUT2D eigenvalue weighted by Gasteiger charge is 2.31. The summed E-state index contributed by atoms with van der Waals surface area (Å²) in [6, 6.07) is -0.758. The van der Waals surface area contributed by atoms with Gasteiger partial charge in [-0.1, -0.05) is 6.92 Å². The Morgan fingerprint density at radius 3 is 2.50 bits per heavy atom. The van der Waals surface area contributed by atoms with E-state index in [1.54, 1.807) is 18.9 Å². The Morgan fingerprint density at radius 2 is 2.14 bits per heavy atom. The molecule has 0 radical (unpaired) electrons. The molecule has 2 N–H and O–H groups in total. The fraction of sp³-hybridized carbons (Fsp3) is 0.778. The van der Waals surface area contributed by atoms with E-state index in [-0.39, 0.29) is 6.03 Å². The third-order valence-corrected chi connectivity index (χ3v) is 2.42. The van der Waals surface area contributed by atoms with E-state index < -0.39 is 12.0 Å². The third-order valence-electron chi connectivity index (χ3n) is 2.42. The fourth-order valence-electron chi connectivity index (χ4n) is 1.22. The Kier molecular flexibility index (Phi) is 3.33. The van der Waals surface area contributed by atoms with Crippen molar-refractivity contribution in [3.05, 3.63) is 0 Å². The van der Waals surface area contributed by atoms with Crippen LogP contribution >= 0.6 is 0 Å². The summed E-state index contributed by atoms with van der Waals surface area (Å²) in [5.74, 6) is -0.981. The van der Waals surface area contributed by atoms with E-state index in [0.29, 0.717) is 12.5 Å². The van der Waals surface area contributed by atoms with Crippen LogP contribution in [0.2, 0.25) is 0 Å². The second kappa shape index (κ2) is 4.30. The van der Waals surface area contributed by atoms with Crippen LogP contribution in [0, 0.1) is 0 Å². The summed E-state index contributed by atoms with van der Waals surface area (Å²) in [5, 5.41) is 11.2. The normalized spacial score (nSPS) is 17.3. The molecule has 1 fully saturated rings. The van der Waals surface area contributed by atoms with Gasteiger partial charge in [0.2, 0.25) is 0 Å². The van der Waals surface area contributed by atoms with Crippen molar-refractivity contribution in [1.82, 2.24) is 10.2 Å². The number of nitrogens with one attached hydrogen (secondary N) is 1. The van der Waals surface area contributed by atoms with Crippen molar-refractivity contribution in [3.8, 4) is 0 Å². The highest BCUT2D eigenvalue weighted by molar-refractivity contribution is 5.82. The molecular weight excluding hydrogens is 184 g/mol. The minimum absolute atomic E-state index is 0.290. The molecule has 14 heavy (non-hydrogen) atoms. The van der Waals surface area contributed by atoms with Gasteiger partial charge in [-0.15, -0.1) is 0 Å². The Bertz CT molecular complexity index is 238. The van der Waals surface area contributed by atoms with E-state index >= 15 is 0 Å². The zero-order valence-corrected chi connectivity index (χ0v) is 8.49. The summed E-state index contributed by atoms with van der Waals surface area (Å²) < 4.78 is 0. The summed E-state index contributed by atoms with van der Waals surface area (Å²) in [5.41, 5.74) is 0. The lowest BCUT2D eigenvalue weighted by atomic mass is 10.2. The van der Waals surface area contributed by atoms with Crippen molar-refractivity contribution in [3.63, 3.8) is 0 Å². The van der Waals surface area contributed by atoms with Crippen molar-refractivity contribution in [2.75, 3.05) is 7.05 Å². The molecule has 0 aromatic rings. The number of carboxylic acids is 1. The topological polar surface area (TPSA) is 69.6 Å². The molecule has 0 saturated heterocycles. The van der Waals surface area contributed by atoms with Crippen molar-refractivity contribution in [1.29, 1.82) is 0 Å². The average Bonchev–Trinajstić information content (AvgIpc) is 2.95. The van der Waals surface area contributed by atoms with Gasteiger partial charge in [0.05, 0.1) is 0 Å². The van der Waals surface area contributed by atoms with Gasteiger partial charge in [0.15, 0.2) is 0 Å². The van der Waals surface area contributed by atoms with Gasteiger partial charge >= 0.3 is 12.0 Å². The number of hydrogen-bond acceptors (Lipinski definition) is 2. The highest BCUT2D eigenvalue weighted by atomic mass is 16.4. The van der Waals surface area contributed by atoms with Crippen molar-refractivity contribution in [2.45, 2.75) is 38.3 Å². The lowest BCUT2D eigenvalue weighted by Gasteiger charge is -2.20. The third kappa shape index (κ3) is 2.61. The van der Waals surface area contributed by atoms with Crippen LogP contribution in [0.3, 0.4) is 0 Å². The van der Waals surface area contributed by atoms with E-state index in [0.717, 1.165) is 12.8 Å². The molecule has 0 heterocycles. The molecule has 5 nitrogen and oxygen atoms in total. The van der Waals surface area contributed by atoms with E-state index in [2.05, 4.69) is 5.32 Å². The summed E-state index contributed by atoms with van der Waals surface area (Å²) >= 11 is 0. The Morgan fingerprint density at radius 1 is 1.57 bits per heavy atom. The summed E-state index contributed by atoms with van der Waals surface area (Å²) in [4.78, 5) is 23.7. The summed E-state index contributed by atoms with van der Waals surface area (Å²) in [7, 11) is 1.70. The lowest BCUT2D eigenvalue weighted by Crippen LogP contribution is -2.47. The second-order valence-electron chi connectivity index (χ2n) is 3.59. The van der Waals surface area contributed by atoms with E-state index in [4.69, 9.17) is 5.11 Å². The summed E-state index contributed by atoms with van der Waals surface area (Å²) in [6.07, 6.45) is 2.45. The molecule has 0 bridgehead atoms. The minimum Gasteiger partial charge on any atom is -0.480 e. The van der Waals surface area contributed by atoms with Gasteiger partial charge in [-0.2, -0.15) is 0 Å². The Balaban J connectivity index is 2.40. The van der Waals surface area contributed by atoms with Crippen LogP contribution in [0.5, 0.6) is 0 Å². The van der Waals surface area contributed by atoms with Crippen LogP contribution in [0.15, 0.2) is 0 Å². The molecule has 1 aliphatic rings. The molecule has 1 aliphatic carbocycles. The predicted octanol–water partition coefficient (Wildman–Crippen LogP) is 0.653. The van der Waals surface area contributed by atoms with Gasteiger partial charge in [-0.25, -0.2) is 9.59 Å². The van der Waals surface area contributed by atoms with E-state index in [1.165, 1.54) is 0 Å². The zero-order valence-electron chi connectivity index (χ0n) is 8.49. The number of carbonyl (C=O) groups excluding carboxylic acids is 1. The van der Waals surface area contributed by atoms with Crippen LogP contribution in [0.4, 0.5) is 4.79 Å². The largest absolute Gasteiger partial charge is 0.480 e. The monoisotopic (exact) mass is 200 g/mol. The number of hydrogen-bond donors (Lipinski definition) is 2. The molecule has 0 spiro atoms. The number of carboxylic acid groups (broad SMARTS) is 1. The summed E-state index contributed by atoms with van der Waals surface area (Å²) in [6.45, 7) is 1.73. The SMILES string of the molecule is CC[C@@H](NC(=O)N(C)C1CC1)C(=O)O. The van der Waals surface area contributed by atoms with Crippen LogP contribution in [0.25, 0.3) is 0 Å². The van der Waals surface area contributed by atoms with Gasteiger partial charge in [-0.05, 0) is 19.3 Å². The first-order valence-corrected chi connectivity index (χ1v) is 4.82. The molecule has 0 aromatic carbocycles. The molecule has 80 valence electrons. The second-order valence-corrected chi connectivity index (χ2v) is 3.59. The predicted molar refractivity (Wildman–Crippen MR) is 51.0 cm³/mol. The van der Waals surface area contributed by atoms with Crippen LogP contribution in [-0.4, -0.2) is 41.1 Å². The van der Waals surface area contributed by atoms with E-state index in [1.807, 2.05) is 0 Å². The first-order chi connectivity index (χ1) is 6.56. The number of aliphatic carboxylic acids is 1. The maximum atomic E-state index is 11.4. The van der Waals surface area contributed by atoms with Crippen LogP contribution in [0.1, 0.15) is 26.2 Å². The molecule has 1 saturated carbocycles. The van der Waals surface area contributed by atoms with Gasteiger partial charge < -0.3 is 15.3 Å². The number of rotatable bonds is 4. The molecule has 0 aliphatic heterocycles. The van der Waals surface area contributed by atoms with Gasteiger partial charge in [0.1, 0.15) is 6.04 Å². The molecule has 0 unspecified atom stereocenters. The quantitative estimate of drug-likeness (QED) is 0.700. The zero-order chi connectivity index (χ0) is 10.7. The minimum atomic E-state index is -0.981.